The Kier molecular flexibility index (Phi) is 5.56. The second-order valence-corrected chi connectivity index (χ2v) is 9.01. The highest BCUT2D eigenvalue weighted by Crippen LogP contribution is 2.34. The predicted octanol–water partition coefficient (Wildman–Crippen LogP) is 6.09. The fourth-order valence-electron chi connectivity index (χ4n) is 4.10. The van der Waals surface area contributed by atoms with Gasteiger partial charge in [0.2, 0.25) is 0 Å². The first kappa shape index (κ1) is 21.1. The zero-order valence-corrected chi connectivity index (χ0v) is 18.0. The first-order valence-electron chi connectivity index (χ1n) is 10.5. The van der Waals surface area contributed by atoms with Crippen molar-refractivity contribution in [2.75, 3.05) is 11.9 Å². The number of benzene rings is 2. The number of hydrogen-bond acceptors (Lipinski definition) is 1. The van der Waals surface area contributed by atoms with Crippen molar-refractivity contribution in [2.45, 2.75) is 45.2 Å². The van der Waals surface area contributed by atoms with Crippen LogP contribution < -0.4 is 5.32 Å². The van der Waals surface area contributed by atoms with Gasteiger partial charge in [0.15, 0.2) is 0 Å². The summed E-state index contributed by atoms with van der Waals surface area (Å²) < 4.78 is 29.6. The minimum absolute atomic E-state index is 0.0341. The SMILES string of the molecule is CC(C)(C)c1cccc(C2c3cccn3CCCN2C(=O)Nc2ccc(F)cc2F)c1. The number of fused-ring (bicyclic) bond motifs is 1. The quantitative estimate of drug-likeness (QED) is 0.532. The number of amides is 2. The molecule has 6 heteroatoms. The first-order valence-corrected chi connectivity index (χ1v) is 10.5. The minimum atomic E-state index is -0.794. The van der Waals surface area contributed by atoms with Crippen molar-refractivity contribution in [3.05, 3.63) is 89.2 Å². The number of nitrogens with zero attached hydrogens (tertiary/aromatic N) is 2. The van der Waals surface area contributed by atoms with Gasteiger partial charge >= 0.3 is 6.03 Å². The Bertz CT molecular complexity index is 1100. The Morgan fingerprint density at radius 2 is 1.84 bits per heavy atom. The molecule has 2 amide bonds. The lowest BCUT2D eigenvalue weighted by molar-refractivity contribution is 0.199. The van der Waals surface area contributed by atoms with Gasteiger partial charge in [-0.15, -0.1) is 0 Å². The zero-order valence-electron chi connectivity index (χ0n) is 18.0. The van der Waals surface area contributed by atoms with E-state index in [2.05, 4.69) is 42.8 Å². The number of anilines is 1. The molecule has 31 heavy (non-hydrogen) atoms. The molecule has 3 aromatic rings. The average Bonchev–Trinajstić information content (AvgIpc) is 3.09. The summed E-state index contributed by atoms with van der Waals surface area (Å²) in [6.07, 6.45) is 2.80. The van der Waals surface area contributed by atoms with Crippen LogP contribution in [0.5, 0.6) is 0 Å². The summed E-state index contributed by atoms with van der Waals surface area (Å²) in [6, 6.07) is 14.7. The Labute approximate surface area is 181 Å². The average molecular weight is 424 g/mol. The summed E-state index contributed by atoms with van der Waals surface area (Å²) >= 11 is 0. The van der Waals surface area contributed by atoms with Crippen LogP contribution >= 0.6 is 0 Å². The van der Waals surface area contributed by atoms with Crippen LogP contribution in [-0.4, -0.2) is 22.0 Å². The van der Waals surface area contributed by atoms with Gasteiger partial charge in [-0.2, -0.15) is 0 Å². The normalized spacial score (nSPS) is 16.5. The highest BCUT2D eigenvalue weighted by Gasteiger charge is 2.32. The lowest BCUT2D eigenvalue weighted by atomic mass is 9.85. The van der Waals surface area contributed by atoms with E-state index >= 15 is 0 Å². The van der Waals surface area contributed by atoms with Crippen LogP contribution in [0.4, 0.5) is 19.3 Å². The number of hydrogen-bond donors (Lipinski definition) is 1. The summed E-state index contributed by atoms with van der Waals surface area (Å²) in [5.74, 6) is -1.47. The largest absolute Gasteiger partial charge is 0.349 e. The molecule has 1 unspecified atom stereocenters. The van der Waals surface area contributed by atoms with E-state index in [1.807, 2.05) is 30.5 Å². The Hall–Kier alpha value is -3.15. The van der Waals surface area contributed by atoms with E-state index in [4.69, 9.17) is 0 Å². The lowest BCUT2D eigenvalue weighted by Gasteiger charge is -2.32. The number of urea groups is 1. The van der Waals surface area contributed by atoms with Crippen LogP contribution in [0.2, 0.25) is 0 Å². The molecule has 0 aliphatic carbocycles. The van der Waals surface area contributed by atoms with Crippen molar-refractivity contribution in [2.24, 2.45) is 0 Å². The van der Waals surface area contributed by atoms with Gasteiger partial charge in [0.05, 0.1) is 11.7 Å². The van der Waals surface area contributed by atoms with Gasteiger partial charge in [-0.1, -0.05) is 45.0 Å². The number of aromatic nitrogens is 1. The number of carbonyl (C=O) groups excluding carboxylic acids is 1. The van der Waals surface area contributed by atoms with E-state index in [1.54, 1.807) is 4.90 Å². The van der Waals surface area contributed by atoms with Crippen molar-refractivity contribution in [3.63, 3.8) is 0 Å². The van der Waals surface area contributed by atoms with Crippen LogP contribution in [0, 0.1) is 11.6 Å². The third kappa shape index (κ3) is 4.33. The van der Waals surface area contributed by atoms with Crippen LogP contribution in [0.25, 0.3) is 0 Å². The third-order valence-electron chi connectivity index (χ3n) is 5.76. The van der Waals surface area contributed by atoms with Crippen LogP contribution in [0.1, 0.15) is 50.1 Å². The molecular weight excluding hydrogens is 396 g/mol. The van der Waals surface area contributed by atoms with Crippen LogP contribution in [0.15, 0.2) is 60.8 Å². The van der Waals surface area contributed by atoms with Gasteiger partial charge in [0, 0.05) is 31.0 Å². The molecule has 0 saturated carbocycles. The molecule has 2 heterocycles. The third-order valence-corrected chi connectivity index (χ3v) is 5.76. The zero-order chi connectivity index (χ0) is 22.2. The van der Waals surface area contributed by atoms with Crippen LogP contribution in [-0.2, 0) is 12.0 Å². The molecule has 1 aliphatic heterocycles. The van der Waals surface area contributed by atoms with Gasteiger partial charge in [-0.05, 0) is 47.2 Å². The maximum absolute atomic E-state index is 14.2. The van der Waals surface area contributed by atoms with Crippen LogP contribution in [0.3, 0.4) is 0 Å². The van der Waals surface area contributed by atoms with Crippen molar-refractivity contribution in [3.8, 4) is 0 Å². The molecular formula is C25H27F2N3O. The monoisotopic (exact) mass is 423 g/mol. The molecule has 4 rings (SSSR count). The van der Waals surface area contributed by atoms with E-state index in [9.17, 15) is 13.6 Å². The molecule has 0 bridgehead atoms. The molecule has 1 N–H and O–H groups in total. The number of rotatable bonds is 2. The highest BCUT2D eigenvalue weighted by atomic mass is 19.1. The second-order valence-electron chi connectivity index (χ2n) is 9.01. The minimum Gasteiger partial charge on any atom is -0.349 e. The summed E-state index contributed by atoms with van der Waals surface area (Å²) in [7, 11) is 0. The maximum atomic E-state index is 14.2. The van der Waals surface area contributed by atoms with Crippen molar-refractivity contribution in [1.29, 1.82) is 0 Å². The first-order chi connectivity index (χ1) is 14.7. The van der Waals surface area contributed by atoms with Gasteiger partial charge in [0.1, 0.15) is 11.6 Å². The molecule has 4 nitrogen and oxygen atoms in total. The van der Waals surface area contributed by atoms with Crippen molar-refractivity contribution >= 4 is 11.7 Å². The van der Waals surface area contributed by atoms with Crippen molar-refractivity contribution < 1.29 is 13.6 Å². The fourth-order valence-corrected chi connectivity index (χ4v) is 4.10. The highest BCUT2D eigenvalue weighted by molar-refractivity contribution is 5.90. The molecule has 162 valence electrons. The van der Waals surface area contributed by atoms with Gasteiger partial charge in [0.25, 0.3) is 0 Å². The van der Waals surface area contributed by atoms with E-state index < -0.39 is 17.7 Å². The second kappa shape index (κ2) is 8.17. The number of nitrogens with one attached hydrogen (secondary N) is 1. The molecule has 0 spiro atoms. The Balaban J connectivity index is 1.74. The van der Waals surface area contributed by atoms with E-state index in [-0.39, 0.29) is 17.1 Å². The molecule has 0 saturated heterocycles. The van der Waals surface area contributed by atoms with Gasteiger partial charge in [-0.25, -0.2) is 13.6 Å². The van der Waals surface area contributed by atoms with Crippen molar-refractivity contribution in [1.82, 2.24) is 9.47 Å². The Morgan fingerprint density at radius 1 is 1.03 bits per heavy atom. The topological polar surface area (TPSA) is 37.3 Å². The van der Waals surface area contributed by atoms with E-state index in [0.717, 1.165) is 36.4 Å². The molecule has 1 atom stereocenters. The molecule has 1 aliphatic rings. The molecule has 0 fully saturated rings. The summed E-state index contributed by atoms with van der Waals surface area (Å²) in [5.41, 5.74) is 3.13. The predicted molar refractivity (Wildman–Crippen MR) is 118 cm³/mol. The van der Waals surface area contributed by atoms with E-state index in [1.165, 1.54) is 11.6 Å². The summed E-state index contributed by atoms with van der Waals surface area (Å²) in [4.78, 5) is 15.0. The number of halogens is 2. The molecule has 1 aromatic heterocycles. The maximum Gasteiger partial charge on any atom is 0.322 e. The standard InChI is InChI=1S/C25H27F2N3O/c1-25(2,3)18-8-4-7-17(15-18)23-22-9-5-12-29(22)13-6-14-30(23)24(31)28-21-11-10-19(26)16-20(21)27/h4-5,7-12,15-16,23H,6,13-14H2,1-3H3,(H,28,31). The fraction of sp³-hybridized carbons (Fsp3) is 0.320. The Morgan fingerprint density at radius 3 is 2.58 bits per heavy atom. The lowest BCUT2D eigenvalue weighted by Crippen LogP contribution is -2.39. The smallest absolute Gasteiger partial charge is 0.322 e. The number of carbonyl (C=O) groups is 1. The van der Waals surface area contributed by atoms with Gasteiger partial charge < -0.3 is 14.8 Å². The summed E-state index contributed by atoms with van der Waals surface area (Å²) in [6.45, 7) is 7.78. The molecule has 2 aromatic carbocycles. The molecule has 0 radical (unpaired) electrons. The van der Waals surface area contributed by atoms with Gasteiger partial charge in [-0.3, -0.25) is 0 Å². The van der Waals surface area contributed by atoms with E-state index in [0.29, 0.717) is 6.54 Å². The summed E-state index contributed by atoms with van der Waals surface area (Å²) in [5, 5.41) is 2.64. The number of aryl methyl sites for hydroxylation is 1.